The summed E-state index contributed by atoms with van der Waals surface area (Å²) < 4.78 is 15.4. The molecule has 3 rings (SSSR count). The molecular formula is C16H13ClFN3O. The van der Waals surface area contributed by atoms with Gasteiger partial charge in [-0.2, -0.15) is 0 Å². The smallest absolute Gasteiger partial charge is 0.267 e. The molecule has 0 saturated heterocycles. The van der Waals surface area contributed by atoms with Gasteiger partial charge in [-0.1, -0.05) is 29.8 Å². The highest BCUT2D eigenvalue weighted by molar-refractivity contribution is 6.35. The summed E-state index contributed by atoms with van der Waals surface area (Å²) >= 11 is 6.07. The Morgan fingerprint density at radius 3 is 2.55 bits per heavy atom. The van der Waals surface area contributed by atoms with Crippen molar-refractivity contribution in [1.82, 2.24) is 9.55 Å². The molecule has 1 aromatic heterocycles. The van der Waals surface area contributed by atoms with E-state index in [9.17, 15) is 9.18 Å². The van der Waals surface area contributed by atoms with Gasteiger partial charge >= 0.3 is 0 Å². The number of hydrogen-bond acceptors (Lipinski definition) is 3. The largest absolute Gasteiger partial charge is 0.322 e. The molecule has 1 unspecified atom stereocenters. The standard InChI is InChI=1S/C16H13ClFN3O/c1-9(19)15-20-14-12(18)8-7-11(17)13(14)16(22)21(15)10-5-3-2-4-6-10/h2-9H,19H2,1H3. The van der Waals surface area contributed by atoms with Crippen molar-refractivity contribution in [1.29, 1.82) is 0 Å². The third kappa shape index (κ3) is 2.28. The van der Waals surface area contributed by atoms with E-state index in [1.165, 1.54) is 16.7 Å². The van der Waals surface area contributed by atoms with Gasteiger partial charge in [-0.15, -0.1) is 0 Å². The van der Waals surface area contributed by atoms with Gasteiger partial charge in [0.1, 0.15) is 17.2 Å². The number of benzene rings is 2. The maximum absolute atomic E-state index is 14.0. The molecule has 0 bridgehead atoms. The molecule has 1 atom stereocenters. The van der Waals surface area contributed by atoms with Crippen LogP contribution in [0.4, 0.5) is 4.39 Å². The van der Waals surface area contributed by atoms with E-state index < -0.39 is 17.4 Å². The molecule has 3 aromatic rings. The van der Waals surface area contributed by atoms with E-state index in [4.69, 9.17) is 17.3 Å². The monoisotopic (exact) mass is 317 g/mol. The number of rotatable bonds is 2. The summed E-state index contributed by atoms with van der Waals surface area (Å²) in [4.78, 5) is 17.1. The van der Waals surface area contributed by atoms with Gasteiger partial charge in [0, 0.05) is 0 Å². The maximum atomic E-state index is 14.0. The van der Waals surface area contributed by atoms with Crippen LogP contribution in [-0.2, 0) is 0 Å². The van der Waals surface area contributed by atoms with E-state index in [0.717, 1.165) is 0 Å². The Kier molecular flexibility index (Phi) is 3.68. The molecule has 2 aromatic carbocycles. The zero-order valence-electron chi connectivity index (χ0n) is 11.8. The van der Waals surface area contributed by atoms with Gasteiger partial charge < -0.3 is 5.73 Å². The summed E-state index contributed by atoms with van der Waals surface area (Å²) in [5.41, 5.74) is 6.03. The molecule has 0 aliphatic carbocycles. The minimum absolute atomic E-state index is 0.0509. The summed E-state index contributed by atoms with van der Waals surface area (Å²) in [6.45, 7) is 1.69. The van der Waals surface area contributed by atoms with Crippen molar-refractivity contribution in [2.75, 3.05) is 0 Å². The summed E-state index contributed by atoms with van der Waals surface area (Å²) in [6, 6.07) is 10.9. The first kappa shape index (κ1) is 14.7. The van der Waals surface area contributed by atoms with Crippen molar-refractivity contribution in [2.24, 2.45) is 5.73 Å². The van der Waals surface area contributed by atoms with E-state index in [1.54, 1.807) is 31.2 Å². The number of para-hydroxylation sites is 1. The fourth-order valence-corrected chi connectivity index (χ4v) is 2.60. The minimum atomic E-state index is -0.599. The summed E-state index contributed by atoms with van der Waals surface area (Å²) in [5, 5.41) is 0.213. The normalized spacial score (nSPS) is 12.5. The average molecular weight is 318 g/mol. The molecule has 2 N–H and O–H groups in total. The Hall–Kier alpha value is -2.24. The molecule has 4 nitrogen and oxygen atoms in total. The lowest BCUT2D eigenvalue weighted by Crippen LogP contribution is -2.28. The van der Waals surface area contributed by atoms with Crippen molar-refractivity contribution >= 4 is 22.5 Å². The van der Waals surface area contributed by atoms with Crippen LogP contribution in [0.5, 0.6) is 0 Å². The van der Waals surface area contributed by atoms with Crippen LogP contribution in [0.3, 0.4) is 0 Å². The van der Waals surface area contributed by atoms with Crippen LogP contribution >= 0.6 is 11.6 Å². The highest BCUT2D eigenvalue weighted by Gasteiger charge is 2.19. The molecule has 0 amide bonds. The quantitative estimate of drug-likeness (QED) is 0.789. The highest BCUT2D eigenvalue weighted by atomic mass is 35.5. The molecular weight excluding hydrogens is 305 g/mol. The Balaban J connectivity index is 2.51. The predicted molar refractivity (Wildman–Crippen MR) is 84.9 cm³/mol. The second-order valence-electron chi connectivity index (χ2n) is 4.99. The first-order valence-electron chi connectivity index (χ1n) is 6.72. The third-order valence-electron chi connectivity index (χ3n) is 3.37. The van der Waals surface area contributed by atoms with Gasteiger partial charge in [-0.25, -0.2) is 9.37 Å². The van der Waals surface area contributed by atoms with Crippen molar-refractivity contribution in [2.45, 2.75) is 13.0 Å². The van der Waals surface area contributed by atoms with Gasteiger partial charge in [-0.05, 0) is 31.2 Å². The van der Waals surface area contributed by atoms with Crippen LogP contribution in [0.2, 0.25) is 5.02 Å². The summed E-state index contributed by atoms with van der Waals surface area (Å²) in [7, 11) is 0. The zero-order chi connectivity index (χ0) is 15.9. The predicted octanol–water partition coefficient (Wildman–Crippen LogP) is 3.20. The SMILES string of the molecule is CC(N)c1nc2c(F)ccc(Cl)c2c(=O)n1-c1ccccc1. The minimum Gasteiger partial charge on any atom is -0.322 e. The van der Waals surface area contributed by atoms with Crippen LogP contribution in [0.1, 0.15) is 18.8 Å². The Labute approximate surface area is 131 Å². The van der Waals surface area contributed by atoms with Gasteiger partial charge in [0.2, 0.25) is 0 Å². The van der Waals surface area contributed by atoms with E-state index in [1.807, 2.05) is 6.07 Å². The summed E-state index contributed by atoms with van der Waals surface area (Å²) in [6.07, 6.45) is 0. The molecule has 0 radical (unpaired) electrons. The first-order chi connectivity index (χ1) is 10.5. The Morgan fingerprint density at radius 1 is 1.23 bits per heavy atom. The lowest BCUT2D eigenvalue weighted by molar-refractivity contribution is 0.630. The number of halogens is 2. The highest BCUT2D eigenvalue weighted by Crippen LogP contribution is 2.24. The third-order valence-corrected chi connectivity index (χ3v) is 3.69. The van der Waals surface area contributed by atoms with Crippen LogP contribution in [-0.4, -0.2) is 9.55 Å². The Bertz CT molecular complexity index is 907. The van der Waals surface area contributed by atoms with Crippen LogP contribution in [0.25, 0.3) is 16.6 Å². The van der Waals surface area contributed by atoms with E-state index >= 15 is 0 Å². The second-order valence-corrected chi connectivity index (χ2v) is 5.39. The van der Waals surface area contributed by atoms with Gasteiger partial charge in [0.15, 0.2) is 0 Å². The maximum Gasteiger partial charge on any atom is 0.267 e. The molecule has 6 heteroatoms. The molecule has 22 heavy (non-hydrogen) atoms. The van der Waals surface area contributed by atoms with E-state index in [0.29, 0.717) is 5.69 Å². The van der Waals surface area contributed by atoms with Gasteiger partial charge in [-0.3, -0.25) is 9.36 Å². The number of nitrogens with zero attached hydrogens (tertiary/aromatic N) is 2. The van der Waals surface area contributed by atoms with Crippen LogP contribution in [0, 0.1) is 5.82 Å². The number of fused-ring (bicyclic) bond motifs is 1. The summed E-state index contributed by atoms with van der Waals surface area (Å²) in [5.74, 6) is -0.316. The van der Waals surface area contributed by atoms with E-state index in [-0.39, 0.29) is 21.7 Å². The lowest BCUT2D eigenvalue weighted by atomic mass is 10.2. The molecule has 0 aliphatic rings. The molecule has 112 valence electrons. The number of hydrogen-bond donors (Lipinski definition) is 1. The molecule has 0 spiro atoms. The average Bonchev–Trinajstić information content (AvgIpc) is 2.51. The second kappa shape index (κ2) is 5.51. The Morgan fingerprint density at radius 2 is 1.91 bits per heavy atom. The van der Waals surface area contributed by atoms with Gasteiger partial charge in [0.05, 0.1) is 22.1 Å². The first-order valence-corrected chi connectivity index (χ1v) is 7.10. The van der Waals surface area contributed by atoms with Crippen molar-refractivity contribution in [3.05, 3.63) is 69.5 Å². The van der Waals surface area contributed by atoms with Crippen molar-refractivity contribution in [3.8, 4) is 5.69 Å². The fraction of sp³-hybridized carbons (Fsp3) is 0.125. The van der Waals surface area contributed by atoms with Crippen molar-refractivity contribution < 1.29 is 4.39 Å². The molecule has 1 heterocycles. The lowest BCUT2D eigenvalue weighted by Gasteiger charge is -2.16. The topological polar surface area (TPSA) is 60.9 Å². The molecule has 0 fully saturated rings. The number of nitrogens with two attached hydrogens (primary N) is 1. The van der Waals surface area contributed by atoms with Crippen LogP contribution < -0.4 is 11.3 Å². The molecule has 0 saturated carbocycles. The van der Waals surface area contributed by atoms with Gasteiger partial charge in [0.25, 0.3) is 5.56 Å². The van der Waals surface area contributed by atoms with Crippen molar-refractivity contribution in [3.63, 3.8) is 0 Å². The zero-order valence-corrected chi connectivity index (χ0v) is 12.5. The van der Waals surface area contributed by atoms with E-state index in [2.05, 4.69) is 4.98 Å². The fourth-order valence-electron chi connectivity index (χ4n) is 2.37. The number of aromatic nitrogens is 2. The van der Waals surface area contributed by atoms with Crippen LogP contribution in [0.15, 0.2) is 47.3 Å². The molecule has 0 aliphatic heterocycles.